The molecule has 0 aliphatic carbocycles. The molecule has 2 aromatic rings. The highest BCUT2D eigenvalue weighted by atomic mass is 35.5. The predicted octanol–water partition coefficient (Wildman–Crippen LogP) is 5.01. The van der Waals surface area contributed by atoms with Crippen molar-refractivity contribution in [3.63, 3.8) is 0 Å². The van der Waals surface area contributed by atoms with Crippen molar-refractivity contribution in [2.45, 2.75) is 12.2 Å². The molecule has 0 saturated carbocycles. The second-order valence-electron chi connectivity index (χ2n) is 5.92. The van der Waals surface area contributed by atoms with E-state index in [0.717, 1.165) is 6.07 Å². The van der Waals surface area contributed by atoms with Crippen LogP contribution in [0.5, 0.6) is 0 Å². The third kappa shape index (κ3) is 3.95. The van der Waals surface area contributed by atoms with Crippen LogP contribution in [-0.4, -0.2) is 31.1 Å². The van der Waals surface area contributed by atoms with Crippen molar-refractivity contribution >= 4 is 23.2 Å². The van der Waals surface area contributed by atoms with E-state index in [4.69, 9.17) is 23.2 Å². The topological polar surface area (TPSA) is 15.3 Å². The lowest BCUT2D eigenvalue weighted by atomic mass is 9.92. The largest absolute Gasteiger partial charge is 0.416 e. The first-order chi connectivity index (χ1) is 11.9. The van der Waals surface area contributed by atoms with Crippen LogP contribution in [0.3, 0.4) is 0 Å². The molecule has 1 unspecified atom stereocenters. The van der Waals surface area contributed by atoms with Gasteiger partial charge in [-0.3, -0.25) is 4.90 Å². The summed E-state index contributed by atoms with van der Waals surface area (Å²) in [6.45, 7) is 2.67. The van der Waals surface area contributed by atoms with Crippen LogP contribution in [0, 0.1) is 0 Å². The summed E-state index contributed by atoms with van der Waals surface area (Å²) in [4.78, 5) is 2.01. The van der Waals surface area contributed by atoms with Gasteiger partial charge in [-0.15, -0.1) is 0 Å². The average molecular weight is 389 g/mol. The van der Waals surface area contributed by atoms with E-state index in [1.54, 1.807) is 24.3 Å². The lowest BCUT2D eigenvalue weighted by molar-refractivity contribution is -0.138. The van der Waals surface area contributed by atoms with E-state index in [1.807, 2.05) is 4.90 Å². The number of hydrogen-bond acceptors (Lipinski definition) is 2. The van der Waals surface area contributed by atoms with E-state index in [-0.39, 0.29) is 5.56 Å². The number of hydrogen-bond donors (Lipinski definition) is 1. The van der Waals surface area contributed by atoms with Crippen molar-refractivity contribution in [2.24, 2.45) is 0 Å². The van der Waals surface area contributed by atoms with Crippen LogP contribution in [0.15, 0.2) is 42.5 Å². The van der Waals surface area contributed by atoms with Gasteiger partial charge in [-0.2, -0.15) is 13.2 Å². The summed E-state index contributed by atoms with van der Waals surface area (Å²) >= 11 is 12.5. The maximum Gasteiger partial charge on any atom is 0.416 e. The molecule has 0 amide bonds. The van der Waals surface area contributed by atoms with E-state index in [2.05, 4.69) is 5.32 Å². The maximum absolute atomic E-state index is 13.6. The minimum Gasteiger partial charge on any atom is -0.314 e. The van der Waals surface area contributed by atoms with E-state index in [9.17, 15) is 13.2 Å². The summed E-state index contributed by atoms with van der Waals surface area (Å²) in [5, 5.41) is 3.85. The molecule has 0 aromatic heterocycles. The average Bonchev–Trinajstić information content (AvgIpc) is 2.59. The fourth-order valence-electron chi connectivity index (χ4n) is 3.23. The number of nitrogens with zero attached hydrogens (tertiary/aromatic N) is 1. The molecule has 0 radical (unpaired) electrons. The quantitative estimate of drug-likeness (QED) is 0.794. The monoisotopic (exact) mass is 388 g/mol. The number of alkyl halides is 3. The Balaban J connectivity index is 2.17. The third-order valence-corrected chi connectivity index (χ3v) is 5.19. The predicted molar refractivity (Wildman–Crippen MR) is 94.2 cm³/mol. The van der Waals surface area contributed by atoms with Crippen molar-refractivity contribution in [2.75, 3.05) is 26.2 Å². The fourth-order valence-corrected chi connectivity index (χ4v) is 3.64. The molecule has 1 aliphatic heterocycles. The van der Waals surface area contributed by atoms with Gasteiger partial charge < -0.3 is 5.32 Å². The van der Waals surface area contributed by atoms with Crippen LogP contribution >= 0.6 is 23.2 Å². The molecule has 1 aliphatic rings. The molecule has 7 heteroatoms. The first-order valence-electron chi connectivity index (χ1n) is 7.94. The van der Waals surface area contributed by atoms with Crippen molar-refractivity contribution < 1.29 is 13.2 Å². The van der Waals surface area contributed by atoms with Crippen molar-refractivity contribution in [1.82, 2.24) is 10.2 Å². The summed E-state index contributed by atoms with van der Waals surface area (Å²) in [6, 6.07) is 10.2. The molecule has 1 heterocycles. The summed E-state index contributed by atoms with van der Waals surface area (Å²) in [5.74, 6) is 0. The Hall–Kier alpha value is -1.27. The Labute approximate surface area is 154 Å². The van der Waals surface area contributed by atoms with Gasteiger partial charge in [0.25, 0.3) is 0 Å². The zero-order chi connectivity index (χ0) is 18.0. The SMILES string of the molecule is FC(F)(F)c1ccccc1C(c1cccc(Cl)c1Cl)N1CCNCC1. The Morgan fingerprint density at radius 2 is 1.56 bits per heavy atom. The van der Waals surface area contributed by atoms with Crippen LogP contribution in [-0.2, 0) is 6.18 Å². The first-order valence-corrected chi connectivity index (χ1v) is 8.70. The van der Waals surface area contributed by atoms with Gasteiger partial charge in [0, 0.05) is 26.2 Å². The molecule has 134 valence electrons. The summed E-state index contributed by atoms with van der Waals surface area (Å²) in [6.07, 6.45) is -4.44. The van der Waals surface area contributed by atoms with Gasteiger partial charge in [-0.05, 0) is 23.3 Å². The molecule has 1 atom stereocenters. The molecule has 1 N–H and O–H groups in total. The molecule has 2 aromatic carbocycles. The summed E-state index contributed by atoms with van der Waals surface area (Å²) in [7, 11) is 0. The van der Waals surface area contributed by atoms with Crippen molar-refractivity contribution in [3.8, 4) is 0 Å². The van der Waals surface area contributed by atoms with Gasteiger partial charge in [0.1, 0.15) is 0 Å². The summed E-state index contributed by atoms with van der Waals surface area (Å²) in [5.41, 5.74) is 0.142. The van der Waals surface area contributed by atoms with E-state index in [0.29, 0.717) is 41.8 Å². The first kappa shape index (κ1) is 18.5. The molecule has 3 rings (SSSR count). The molecule has 1 saturated heterocycles. The number of halogens is 5. The Bertz CT molecular complexity index is 743. The van der Waals surface area contributed by atoms with Crippen molar-refractivity contribution in [3.05, 3.63) is 69.2 Å². The zero-order valence-electron chi connectivity index (χ0n) is 13.3. The van der Waals surface area contributed by atoms with E-state index in [1.165, 1.54) is 12.1 Å². The second-order valence-corrected chi connectivity index (χ2v) is 6.70. The highest BCUT2D eigenvalue weighted by Gasteiger charge is 2.37. The van der Waals surface area contributed by atoms with Crippen LogP contribution in [0.2, 0.25) is 10.0 Å². The molecular weight excluding hydrogens is 372 g/mol. The lowest BCUT2D eigenvalue weighted by Gasteiger charge is -2.37. The zero-order valence-corrected chi connectivity index (χ0v) is 14.8. The maximum atomic E-state index is 13.6. The van der Waals surface area contributed by atoms with E-state index >= 15 is 0 Å². The van der Waals surface area contributed by atoms with Crippen LogP contribution < -0.4 is 5.32 Å². The number of piperazine rings is 1. The highest BCUT2D eigenvalue weighted by Crippen LogP contribution is 2.42. The highest BCUT2D eigenvalue weighted by molar-refractivity contribution is 6.42. The summed E-state index contributed by atoms with van der Waals surface area (Å²) < 4.78 is 40.7. The molecule has 0 bridgehead atoms. The van der Waals surface area contributed by atoms with Gasteiger partial charge in [-0.25, -0.2) is 0 Å². The minimum atomic E-state index is -4.44. The second kappa shape index (κ2) is 7.54. The Kier molecular flexibility index (Phi) is 5.58. The normalized spacial score (nSPS) is 17.5. The minimum absolute atomic E-state index is 0.195. The smallest absolute Gasteiger partial charge is 0.314 e. The number of nitrogens with one attached hydrogen (secondary N) is 1. The van der Waals surface area contributed by atoms with Gasteiger partial charge in [0.05, 0.1) is 21.7 Å². The van der Waals surface area contributed by atoms with Crippen LogP contribution in [0.25, 0.3) is 0 Å². The number of rotatable bonds is 3. The Morgan fingerprint density at radius 3 is 2.24 bits per heavy atom. The van der Waals surface area contributed by atoms with Crippen molar-refractivity contribution in [1.29, 1.82) is 0 Å². The van der Waals surface area contributed by atoms with Crippen LogP contribution in [0.1, 0.15) is 22.7 Å². The lowest BCUT2D eigenvalue weighted by Crippen LogP contribution is -2.45. The van der Waals surface area contributed by atoms with Gasteiger partial charge in [-0.1, -0.05) is 53.5 Å². The molecule has 0 spiro atoms. The van der Waals surface area contributed by atoms with Gasteiger partial charge >= 0.3 is 6.18 Å². The Morgan fingerprint density at radius 1 is 0.920 bits per heavy atom. The van der Waals surface area contributed by atoms with E-state index < -0.39 is 17.8 Å². The molecular formula is C18H17Cl2F3N2. The molecule has 25 heavy (non-hydrogen) atoms. The van der Waals surface area contributed by atoms with Crippen LogP contribution in [0.4, 0.5) is 13.2 Å². The van der Waals surface area contributed by atoms with Gasteiger partial charge in [0.2, 0.25) is 0 Å². The standard InChI is InChI=1S/C18H17Cl2F3N2/c19-15-7-3-5-13(16(15)20)17(25-10-8-24-9-11-25)12-4-1-2-6-14(12)18(21,22)23/h1-7,17,24H,8-11H2. The third-order valence-electron chi connectivity index (χ3n) is 4.35. The fraction of sp³-hybridized carbons (Fsp3) is 0.333. The number of benzene rings is 2. The molecule has 2 nitrogen and oxygen atoms in total. The molecule has 1 fully saturated rings. The van der Waals surface area contributed by atoms with Gasteiger partial charge in [0.15, 0.2) is 0 Å².